The SMILES string of the molecule is Cn1cc([C@H]2CNC[C@@H]2C(=O)N2CCCC2c2ccc3c(c2)OCO3)cn1. The smallest absolute Gasteiger partial charge is 0.231 e. The Bertz CT molecular complexity index is 865. The van der Waals surface area contributed by atoms with Crippen LogP contribution in [0.5, 0.6) is 11.5 Å². The predicted octanol–water partition coefficient (Wildman–Crippen LogP) is 1.82. The van der Waals surface area contributed by atoms with Crippen LogP contribution in [0, 0.1) is 5.92 Å². The molecule has 1 unspecified atom stereocenters. The number of rotatable bonds is 3. The van der Waals surface area contributed by atoms with Crippen molar-refractivity contribution in [2.45, 2.75) is 24.8 Å². The summed E-state index contributed by atoms with van der Waals surface area (Å²) in [5.74, 6) is 1.95. The summed E-state index contributed by atoms with van der Waals surface area (Å²) in [5.41, 5.74) is 2.27. The summed E-state index contributed by atoms with van der Waals surface area (Å²) in [7, 11) is 1.92. The minimum atomic E-state index is -0.0381. The molecule has 1 aromatic carbocycles. The lowest BCUT2D eigenvalue weighted by Gasteiger charge is -2.29. The van der Waals surface area contributed by atoms with Crippen molar-refractivity contribution in [2.75, 3.05) is 26.4 Å². The summed E-state index contributed by atoms with van der Waals surface area (Å²) in [6.45, 7) is 2.63. The molecule has 7 heteroatoms. The Kier molecular flexibility index (Phi) is 4.04. The molecular weight excluding hydrogens is 344 g/mol. The highest BCUT2D eigenvalue weighted by molar-refractivity contribution is 5.81. The first-order valence-corrected chi connectivity index (χ1v) is 9.60. The van der Waals surface area contributed by atoms with E-state index in [0.29, 0.717) is 0 Å². The summed E-state index contributed by atoms with van der Waals surface area (Å²) in [6, 6.07) is 6.16. The molecule has 1 aromatic heterocycles. The lowest BCUT2D eigenvalue weighted by atomic mass is 9.89. The Balaban J connectivity index is 1.39. The van der Waals surface area contributed by atoms with E-state index in [1.165, 1.54) is 0 Å². The third-order valence-electron chi connectivity index (χ3n) is 6.00. The first-order chi connectivity index (χ1) is 13.2. The maximum atomic E-state index is 13.5. The van der Waals surface area contributed by atoms with E-state index < -0.39 is 0 Å². The van der Waals surface area contributed by atoms with Gasteiger partial charge in [0.25, 0.3) is 0 Å². The molecule has 2 fully saturated rings. The van der Waals surface area contributed by atoms with Crippen LogP contribution in [0.25, 0.3) is 0 Å². The van der Waals surface area contributed by atoms with Crippen LogP contribution >= 0.6 is 0 Å². The highest BCUT2D eigenvalue weighted by atomic mass is 16.7. The molecule has 142 valence electrons. The maximum Gasteiger partial charge on any atom is 0.231 e. The van der Waals surface area contributed by atoms with Gasteiger partial charge >= 0.3 is 0 Å². The van der Waals surface area contributed by atoms with Crippen molar-refractivity contribution in [1.29, 1.82) is 0 Å². The van der Waals surface area contributed by atoms with Gasteiger partial charge in [-0.1, -0.05) is 6.07 Å². The van der Waals surface area contributed by atoms with Crippen molar-refractivity contribution in [3.63, 3.8) is 0 Å². The minimum absolute atomic E-state index is 0.0381. The molecule has 0 spiro atoms. The molecule has 3 atom stereocenters. The second kappa shape index (κ2) is 6.56. The number of benzene rings is 1. The monoisotopic (exact) mass is 368 g/mol. The van der Waals surface area contributed by atoms with Gasteiger partial charge < -0.3 is 19.7 Å². The molecule has 2 aromatic rings. The van der Waals surface area contributed by atoms with Gasteiger partial charge in [-0.3, -0.25) is 9.48 Å². The highest BCUT2D eigenvalue weighted by Crippen LogP contribution is 2.40. The number of fused-ring (bicyclic) bond motifs is 1. The topological polar surface area (TPSA) is 68.6 Å². The van der Waals surface area contributed by atoms with Gasteiger partial charge in [-0.05, 0) is 36.1 Å². The van der Waals surface area contributed by atoms with Crippen LogP contribution in [-0.2, 0) is 11.8 Å². The van der Waals surface area contributed by atoms with Crippen molar-refractivity contribution in [2.24, 2.45) is 13.0 Å². The zero-order valence-corrected chi connectivity index (χ0v) is 15.4. The van der Waals surface area contributed by atoms with Gasteiger partial charge in [-0.2, -0.15) is 5.10 Å². The number of likely N-dealkylation sites (tertiary alicyclic amines) is 1. The van der Waals surface area contributed by atoms with E-state index in [-0.39, 0.29) is 30.6 Å². The zero-order valence-electron chi connectivity index (χ0n) is 15.4. The molecule has 0 saturated carbocycles. The number of aromatic nitrogens is 2. The molecule has 7 nitrogen and oxygen atoms in total. The lowest BCUT2D eigenvalue weighted by molar-refractivity contribution is -0.136. The molecular formula is C20H24N4O3. The van der Waals surface area contributed by atoms with Gasteiger partial charge in [-0.15, -0.1) is 0 Å². The summed E-state index contributed by atoms with van der Waals surface area (Å²) in [6.07, 6.45) is 5.93. The average molecular weight is 368 g/mol. The quantitative estimate of drug-likeness (QED) is 0.895. The maximum absolute atomic E-state index is 13.5. The number of amides is 1. The first-order valence-electron chi connectivity index (χ1n) is 9.60. The van der Waals surface area contributed by atoms with Crippen LogP contribution in [0.1, 0.15) is 35.9 Å². The van der Waals surface area contributed by atoms with Crippen molar-refractivity contribution in [3.05, 3.63) is 41.7 Å². The summed E-state index contributed by atoms with van der Waals surface area (Å²) >= 11 is 0. The van der Waals surface area contributed by atoms with E-state index in [9.17, 15) is 4.79 Å². The molecule has 5 rings (SSSR count). The summed E-state index contributed by atoms with van der Waals surface area (Å²) in [4.78, 5) is 15.5. The van der Waals surface area contributed by atoms with Crippen molar-refractivity contribution in [1.82, 2.24) is 20.0 Å². The average Bonchev–Trinajstić information content (AvgIpc) is 3.45. The summed E-state index contributed by atoms with van der Waals surface area (Å²) < 4.78 is 12.8. The molecule has 0 bridgehead atoms. The van der Waals surface area contributed by atoms with Crippen molar-refractivity contribution < 1.29 is 14.3 Å². The lowest BCUT2D eigenvalue weighted by Crippen LogP contribution is -2.38. The molecule has 27 heavy (non-hydrogen) atoms. The van der Waals surface area contributed by atoms with E-state index in [1.54, 1.807) is 4.68 Å². The van der Waals surface area contributed by atoms with Crippen molar-refractivity contribution in [3.8, 4) is 11.5 Å². The number of ether oxygens (including phenoxy) is 2. The number of aryl methyl sites for hydroxylation is 1. The number of nitrogens with one attached hydrogen (secondary N) is 1. The summed E-state index contributed by atoms with van der Waals surface area (Å²) in [5, 5.41) is 7.69. The number of nitrogens with zero attached hydrogens (tertiary/aromatic N) is 3. The molecule has 4 heterocycles. The van der Waals surface area contributed by atoms with Gasteiger partial charge in [0.15, 0.2) is 11.5 Å². The van der Waals surface area contributed by atoms with E-state index in [4.69, 9.17) is 9.47 Å². The highest BCUT2D eigenvalue weighted by Gasteiger charge is 2.40. The van der Waals surface area contributed by atoms with E-state index in [2.05, 4.69) is 21.4 Å². The van der Waals surface area contributed by atoms with Crippen LogP contribution in [0.15, 0.2) is 30.6 Å². The van der Waals surface area contributed by atoms with Gasteiger partial charge in [0.2, 0.25) is 12.7 Å². The fourth-order valence-corrected chi connectivity index (χ4v) is 4.63. The molecule has 1 N–H and O–H groups in total. The number of hydrogen-bond donors (Lipinski definition) is 1. The standard InChI is InChI=1S/C20H24N4O3/c1-23-11-14(8-22-23)15-9-21-10-16(15)20(25)24-6-2-3-17(24)13-4-5-18-19(7-13)27-12-26-18/h4-5,7-8,11,15-17,21H,2-3,6,9-10,12H2,1H3/t15-,16+,17?/m1/s1. The Labute approximate surface area is 158 Å². The molecule has 0 aliphatic carbocycles. The number of hydrogen-bond acceptors (Lipinski definition) is 5. The van der Waals surface area contributed by atoms with Crippen LogP contribution in [0.3, 0.4) is 0 Å². The fourth-order valence-electron chi connectivity index (χ4n) is 4.63. The van der Waals surface area contributed by atoms with E-state index in [0.717, 1.165) is 55.1 Å². The van der Waals surface area contributed by atoms with Crippen LogP contribution < -0.4 is 14.8 Å². The number of carbonyl (C=O) groups excluding carboxylic acids is 1. The first kappa shape index (κ1) is 16.6. The van der Waals surface area contributed by atoms with E-state index >= 15 is 0 Å². The van der Waals surface area contributed by atoms with Crippen LogP contribution in [0.4, 0.5) is 0 Å². The van der Waals surface area contributed by atoms with Crippen LogP contribution in [-0.4, -0.2) is 47.0 Å². The largest absolute Gasteiger partial charge is 0.454 e. The zero-order chi connectivity index (χ0) is 18.4. The Morgan fingerprint density at radius 1 is 1.22 bits per heavy atom. The molecule has 2 saturated heterocycles. The second-order valence-corrected chi connectivity index (χ2v) is 7.62. The minimum Gasteiger partial charge on any atom is -0.454 e. The fraction of sp³-hybridized carbons (Fsp3) is 0.500. The molecule has 0 radical (unpaired) electrons. The Morgan fingerprint density at radius 2 is 2.11 bits per heavy atom. The van der Waals surface area contributed by atoms with Gasteiger partial charge in [0.1, 0.15) is 0 Å². The third-order valence-corrected chi connectivity index (χ3v) is 6.00. The Hall–Kier alpha value is -2.54. The third kappa shape index (κ3) is 2.86. The molecule has 3 aliphatic rings. The van der Waals surface area contributed by atoms with E-state index in [1.807, 2.05) is 31.6 Å². The van der Waals surface area contributed by atoms with Gasteiger partial charge in [0.05, 0.1) is 18.2 Å². The second-order valence-electron chi connectivity index (χ2n) is 7.62. The van der Waals surface area contributed by atoms with Gasteiger partial charge in [-0.25, -0.2) is 0 Å². The van der Waals surface area contributed by atoms with Crippen molar-refractivity contribution >= 4 is 5.91 Å². The molecule has 1 amide bonds. The van der Waals surface area contributed by atoms with Crippen LogP contribution in [0.2, 0.25) is 0 Å². The normalized spacial score (nSPS) is 26.7. The predicted molar refractivity (Wildman–Crippen MR) is 98.6 cm³/mol. The molecule has 3 aliphatic heterocycles. The Morgan fingerprint density at radius 3 is 2.96 bits per heavy atom. The number of carbonyl (C=O) groups is 1. The van der Waals surface area contributed by atoms with Gasteiger partial charge in [0, 0.05) is 38.8 Å².